The maximum absolute atomic E-state index is 13.9. The second-order valence-electron chi connectivity index (χ2n) is 4.41. The van der Waals surface area contributed by atoms with Crippen LogP contribution in [-0.2, 0) is 12.3 Å². The SMILES string of the molecule is CN(CCc1ccccn1)c1ccc(CCl)cc1F. The maximum Gasteiger partial charge on any atom is 0.146 e. The number of halogens is 2. The summed E-state index contributed by atoms with van der Waals surface area (Å²) in [6, 6.07) is 10.9. The van der Waals surface area contributed by atoms with Gasteiger partial charge in [0.15, 0.2) is 0 Å². The van der Waals surface area contributed by atoms with Gasteiger partial charge in [-0.05, 0) is 29.8 Å². The van der Waals surface area contributed by atoms with Crippen LogP contribution in [0.15, 0.2) is 42.6 Å². The minimum absolute atomic E-state index is 0.235. The van der Waals surface area contributed by atoms with Gasteiger partial charge in [-0.15, -0.1) is 11.6 Å². The Labute approximate surface area is 117 Å². The van der Waals surface area contributed by atoms with E-state index in [-0.39, 0.29) is 5.82 Å². The zero-order valence-electron chi connectivity index (χ0n) is 10.8. The standard InChI is InChI=1S/C15H16ClFN2/c1-19(9-7-13-4-2-3-8-18-13)15-6-5-12(11-16)10-14(15)17/h2-6,8,10H,7,9,11H2,1H3. The van der Waals surface area contributed by atoms with Gasteiger partial charge in [0.2, 0.25) is 0 Å². The van der Waals surface area contributed by atoms with E-state index in [2.05, 4.69) is 4.98 Å². The van der Waals surface area contributed by atoms with Gasteiger partial charge in [0, 0.05) is 37.8 Å². The summed E-state index contributed by atoms with van der Waals surface area (Å²) in [5.74, 6) is 0.0937. The molecule has 1 heterocycles. The minimum Gasteiger partial charge on any atom is -0.372 e. The molecule has 0 fully saturated rings. The van der Waals surface area contributed by atoms with Crippen molar-refractivity contribution in [2.45, 2.75) is 12.3 Å². The summed E-state index contributed by atoms with van der Waals surface area (Å²) in [5, 5.41) is 0. The summed E-state index contributed by atoms with van der Waals surface area (Å²) < 4.78 is 13.9. The molecule has 2 aromatic rings. The van der Waals surface area contributed by atoms with Crippen molar-refractivity contribution in [1.29, 1.82) is 0 Å². The van der Waals surface area contributed by atoms with Crippen molar-refractivity contribution in [3.8, 4) is 0 Å². The zero-order valence-corrected chi connectivity index (χ0v) is 11.6. The molecule has 4 heteroatoms. The molecule has 0 spiro atoms. The molecule has 0 aliphatic heterocycles. The predicted molar refractivity (Wildman–Crippen MR) is 77.2 cm³/mol. The third-order valence-corrected chi connectivity index (χ3v) is 3.32. The molecule has 0 bridgehead atoms. The molecule has 1 aromatic heterocycles. The summed E-state index contributed by atoms with van der Waals surface area (Å²) in [6.45, 7) is 0.716. The van der Waals surface area contributed by atoms with E-state index in [0.29, 0.717) is 18.1 Å². The number of anilines is 1. The van der Waals surface area contributed by atoms with Crippen LogP contribution < -0.4 is 4.90 Å². The highest BCUT2D eigenvalue weighted by atomic mass is 35.5. The second kappa shape index (κ2) is 6.53. The normalized spacial score (nSPS) is 10.5. The number of benzene rings is 1. The van der Waals surface area contributed by atoms with Crippen LogP contribution in [0.25, 0.3) is 0 Å². The molecule has 0 amide bonds. The van der Waals surface area contributed by atoms with E-state index in [1.807, 2.05) is 36.2 Å². The van der Waals surface area contributed by atoms with Crippen LogP contribution in [0.3, 0.4) is 0 Å². The molecular formula is C15H16ClFN2. The molecule has 0 aliphatic rings. The van der Waals surface area contributed by atoms with Crippen molar-refractivity contribution >= 4 is 17.3 Å². The topological polar surface area (TPSA) is 16.1 Å². The van der Waals surface area contributed by atoms with E-state index < -0.39 is 0 Å². The monoisotopic (exact) mass is 278 g/mol. The van der Waals surface area contributed by atoms with Gasteiger partial charge in [0.1, 0.15) is 5.82 Å². The highest BCUT2D eigenvalue weighted by molar-refractivity contribution is 6.17. The van der Waals surface area contributed by atoms with Crippen LogP contribution in [0.1, 0.15) is 11.3 Å². The number of likely N-dealkylation sites (N-methyl/N-ethyl adjacent to an activating group) is 1. The van der Waals surface area contributed by atoms with E-state index in [1.54, 1.807) is 12.3 Å². The first-order chi connectivity index (χ1) is 9.20. The molecule has 0 saturated heterocycles. The lowest BCUT2D eigenvalue weighted by Gasteiger charge is -2.20. The van der Waals surface area contributed by atoms with Crippen LogP contribution in [-0.4, -0.2) is 18.6 Å². The Bertz CT molecular complexity index is 531. The number of rotatable bonds is 5. The quantitative estimate of drug-likeness (QED) is 0.777. The zero-order chi connectivity index (χ0) is 13.7. The van der Waals surface area contributed by atoms with E-state index in [9.17, 15) is 4.39 Å². The first kappa shape index (κ1) is 13.8. The molecule has 2 nitrogen and oxygen atoms in total. The molecular weight excluding hydrogens is 263 g/mol. The Kier molecular flexibility index (Phi) is 4.74. The van der Waals surface area contributed by atoms with Gasteiger partial charge in [-0.1, -0.05) is 12.1 Å². The van der Waals surface area contributed by atoms with Gasteiger partial charge < -0.3 is 4.90 Å². The van der Waals surface area contributed by atoms with Gasteiger partial charge in [-0.3, -0.25) is 4.98 Å². The van der Waals surface area contributed by atoms with Crippen LogP contribution in [0.4, 0.5) is 10.1 Å². The first-order valence-corrected chi connectivity index (χ1v) is 6.69. The highest BCUT2D eigenvalue weighted by Crippen LogP contribution is 2.20. The lowest BCUT2D eigenvalue weighted by Crippen LogP contribution is -2.21. The minimum atomic E-state index is -0.235. The van der Waals surface area contributed by atoms with Gasteiger partial charge >= 0.3 is 0 Å². The third-order valence-electron chi connectivity index (χ3n) is 3.01. The fourth-order valence-electron chi connectivity index (χ4n) is 1.89. The maximum atomic E-state index is 13.9. The Morgan fingerprint density at radius 3 is 2.74 bits per heavy atom. The summed E-state index contributed by atoms with van der Waals surface area (Å²) in [7, 11) is 1.88. The van der Waals surface area contributed by atoms with Crippen molar-refractivity contribution in [3.63, 3.8) is 0 Å². The van der Waals surface area contributed by atoms with Crippen LogP contribution in [0, 0.1) is 5.82 Å². The lowest BCUT2D eigenvalue weighted by molar-refractivity contribution is 0.620. The van der Waals surface area contributed by atoms with Crippen LogP contribution >= 0.6 is 11.6 Å². The largest absolute Gasteiger partial charge is 0.372 e. The van der Waals surface area contributed by atoms with Crippen molar-refractivity contribution in [1.82, 2.24) is 4.98 Å². The molecule has 0 saturated carbocycles. The Morgan fingerprint density at radius 2 is 2.11 bits per heavy atom. The van der Waals surface area contributed by atoms with Crippen molar-refractivity contribution in [3.05, 3.63) is 59.7 Å². The van der Waals surface area contributed by atoms with E-state index >= 15 is 0 Å². The molecule has 0 atom stereocenters. The average Bonchev–Trinajstić information content (AvgIpc) is 2.45. The van der Waals surface area contributed by atoms with Crippen LogP contribution in [0.5, 0.6) is 0 Å². The van der Waals surface area contributed by atoms with Crippen molar-refractivity contribution in [2.75, 3.05) is 18.5 Å². The summed E-state index contributed by atoms with van der Waals surface area (Å²) in [5.41, 5.74) is 2.39. The molecule has 100 valence electrons. The molecule has 2 rings (SSSR count). The fraction of sp³-hybridized carbons (Fsp3) is 0.267. The van der Waals surface area contributed by atoms with Gasteiger partial charge in [-0.25, -0.2) is 4.39 Å². The number of hydrogen-bond acceptors (Lipinski definition) is 2. The van der Waals surface area contributed by atoms with E-state index in [1.165, 1.54) is 6.07 Å². The molecule has 0 unspecified atom stereocenters. The number of pyridine rings is 1. The summed E-state index contributed by atoms with van der Waals surface area (Å²) in [4.78, 5) is 6.15. The molecule has 1 aromatic carbocycles. The molecule has 0 radical (unpaired) electrons. The van der Waals surface area contributed by atoms with Crippen LogP contribution in [0.2, 0.25) is 0 Å². The number of nitrogens with zero attached hydrogens (tertiary/aromatic N) is 2. The van der Waals surface area contributed by atoms with Gasteiger partial charge in [0.05, 0.1) is 5.69 Å². The molecule has 0 N–H and O–H groups in total. The second-order valence-corrected chi connectivity index (χ2v) is 4.68. The van der Waals surface area contributed by atoms with Crippen molar-refractivity contribution in [2.24, 2.45) is 0 Å². The predicted octanol–water partition coefficient (Wildman–Crippen LogP) is 3.64. The Balaban J connectivity index is 2.02. The lowest BCUT2D eigenvalue weighted by atomic mass is 10.2. The Hall–Kier alpha value is -1.61. The molecule has 19 heavy (non-hydrogen) atoms. The van der Waals surface area contributed by atoms with E-state index in [0.717, 1.165) is 17.7 Å². The average molecular weight is 279 g/mol. The number of alkyl halides is 1. The third kappa shape index (κ3) is 3.67. The number of hydrogen-bond donors (Lipinski definition) is 0. The highest BCUT2D eigenvalue weighted by Gasteiger charge is 2.08. The van der Waals surface area contributed by atoms with Crippen molar-refractivity contribution < 1.29 is 4.39 Å². The smallest absolute Gasteiger partial charge is 0.146 e. The first-order valence-electron chi connectivity index (χ1n) is 6.16. The summed E-state index contributed by atoms with van der Waals surface area (Å²) >= 11 is 5.68. The summed E-state index contributed by atoms with van der Waals surface area (Å²) in [6.07, 6.45) is 2.55. The molecule has 0 aliphatic carbocycles. The number of aromatic nitrogens is 1. The fourth-order valence-corrected chi connectivity index (χ4v) is 2.06. The van der Waals surface area contributed by atoms with E-state index in [4.69, 9.17) is 11.6 Å². The Morgan fingerprint density at radius 1 is 1.26 bits per heavy atom. The van der Waals surface area contributed by atoms with Gasteiger partial charge in [0.25, 0.3) is 0 Å². The van der Waals surface area contributed by atoms with Gasteiger partial charge in [-0.2, -0.15) is 0 Å².